The van der Waals surface area contributed by atoms with Crippen LogP contribution in [0.15, 0.2) is 18.2 Å². The minimum absolute atomic E-state index is 0.0951. The van der Waals surface area contributed by atoms with Crippen LogP contribution in [0.4, 0.5) is 0 Å². The SMILES string of the molecule is COc1ccc(CN2CCC(C)(C)C2)cc1C#CCCO. The van der Waals surface area contributed by atoms with E-state index in [0.717, 1.165) is 30.9 Å². The first-order valence-electron chi connectivity index (χ1n) is 7.53. The van der Waals surface area contributed by atoms with Crippen LogP contribution in [0.25, 0.3) is 0 Å². The van der Waals surface area contributed by atoms with Gasteiger partial charge in [0.2, 0.25) is 0 Å². The standard InChI is InChI=1S/C18H25NO2/c1-18(2)9-10-19(14-18)13-15-7-8-17(21-3)16(12-15)6-4-5-11-20/h7-8,12,20H,5,9-11,13-14H2,1-3H3. The van der Waals surface area contributed by atoms with Crippen molar-refractivity contribution in [2.24, 2.45) is 5.41 Å². The quantitative estimate of drug-likeness (QED) is 0.864. The molecular weight excluding hydrogens is 262 g/mol. The lowest BCUT2D eigenvalue weighted by atomic mass is 9.93. The Morgan fingerprint density at radius 3 is 2.81 bits per heavy atom. The summed E-state index contributed by atoms with van der Waals surface area (Å²) in [7, 11) is 1.66. The number of aliphatic hydroxyl groups excluding tert-OH is 1. The van der Waals surface area contributed by atoms with Crippen molar-refractivity contribution in [2.75, 3.05) is 26.8 Å². The average Bonchev–Trinajstić information content (AvgIpc) is 2.78. The van der Waals surface area contributed by atoms with Crippen molar-refractivity contribution < 1.29 is 9.84 Å². The number of aliphatic hydroxyl groups is 1. The molecule has 0 atom stereocenters. The Balaban J connectivity index is 2.11. The molecular formula is C18H25NO2. The molecule has 2 rings (SSSR count). The van der Waals surface area contributed by atoms with Crippen molar-refractivity contribution >= 4 is 0 Å². The molecule has 3 heteroatoms. The normalized spacial score (nSPS) is 17.3. The maximum Gasteiger partial charge on any atom is 0.134 e. The predicted molar refractivity (Wildman–Crippen MR) is 85.2 cm³/mol. The van der Waals surface area contributed by atoms with Gasteiger partial charge in [0.05, 0.1) is 19.3 Å². The molecule has 0 aliphatic carbocycles. The van der Waals surface area contributed by atoms with Crippen LogP contribution in [0.5, 0.6) is 5.75 Å². The first-order valence-corrected chi connectivity index (χ1v) is 7.53. The number of nitrogens with zero attached hydrogens (tertiary/aromatic N) is 1. The highest BCUT2D eigenvalue weighted by Gasteiger charge is 2.28. The van der Waals surface area contributed by atoms with E-state index in [2.05, 4.69) is 42.7 Å². The minimum atomic E-state index is 0.0951. The molecule has 1 saturated heterocycles. The Labute approximate surface area is 127 Å². The fourth-order valence-corrected chi connectivity index (χ4v) is 2.78. The molecule has 0 unspecified atom stereocenters. The highest BCUT2D eigenvalue weighted by molar-refractivity contribution is 5.48. The number of methoxy groups -OCH3 is 1. The van der Waals surface area contributed by atoms with Gasteiger partial charge >= 0.3 is 0 Å². The number of benzene rings is 1. The predicted octanol–water partition coefficient (Wildman–Crippen LogP) is 2.66. The fourth-order valence-electron chi connectivity index (χ4n) is 2.78. The van der Waals surface area contributed by atoms with E-state index >= 15 is 0 Å². The molecule has 1 aromatic rings. The number of ether oxygens (including phenoxy) is 1. The van der Waals surface area contributed by atoms with Gasteiger partial charge in [-0.3, -0.25) is 4.90 Å². The lowest BCUT2D eigenvalue weighted by molar-refractivity contribution is 0.284. The van der Waals surface area contributed by atoms with Gasteiger partial charge in [0.25, 0.3) is 0 Å². The van der Waals surface area contributed by atoms with Gasteiger partial charge in [-0.15, -0.1) is 0 Å². The van der Waals surface area contributed by atoms with Crippen molar-refractivity contribution in [2.45, 2.75) is 33.2 Å². The Kier molecular flexibility index (Phi) is 5.27. The monoisotopic (exact) mass is 287 g/mol. The summed E-state index contributed by atoms with van der Waals surface area (Å²) in [5, 5.41) is 8.82. The average molecular weight is 287 g/mol. The molecule has 0 bridgehead atoms. The fraction of sp³-hybridized carbons (Fsp3) is 0.556. The van der Waals surface area contributed by atoms with Crippen LogP contribution in [0.1, 0.15) is 37.8 Å². The molecule has 21 heavy (non-hydrogen) atoms. The van der Waals surface area contributed by atoms with E-state index in [1.54, 1.807) is 7.11 Å². The maximum atomic E-state index is 8.82. The molecule has 3 nitrogen and oxygen atoms in total. The summed E-state index contributed by atoms with van der Waals surface area (Å²) >= 11 is 0. The van der Waals surface area contributed by atoms with Crippen molar-refractivity contribution in [1.82, 2.24) is 4.90 Å². The van der Waals surface area contributed by atoms with Gasteiger partial charge in [0.1, 0.15) is 5.75 Å². The second-order valence-corrected chi connectivity index (χ2v) is 6.43. The Hall–Kier alpha value is -1.50. The number of hydrogen-bond acceptors (Lipinski definition) is 3. The summed E-state index contributed by atoms with van der Waals surface area (Å²) in [4.78, 5) is 2.49. The van der Waals surface area contributed by atoms with Crippen LogP contribution in [-0.2, 0) is 6.54 Å². The second-order valence-electron chi connectivity index (χ2n) is 6.43. The Morgan fingerprint density at radius 2 is 2.19 bits per heavy atom. The molecule has 0 saturated carbocycles. The third-order valence-electron chi connectivity index (χ3n) is 3.89. The molecule has 114 valence electrons. The highest BCUT2D eigenvalue weighted by Crippen LogP contribution is 2.30. The Morgan fingerprint density at radius 1 is 1.38 bits per heavy atom. The largest absolute Gasteiger partial charge is 0.495 e. The first kappa shape index (κ1) is 15.9. The van der Waals surface area contributed by atoms with Crippen molar-refractivity contribution in [3.63, 3.8) is 0 Å². The molecule has 1 aromatic carbocycles. The van der Waals surface area contributed by atoms with Crippen LogP contribution in [-0.4, -0.2) is 36.8 Å². The third kappa shape index (κ3) is 4.49. The summed E-state index contributed by atoms with van der Waals surface area (Å²) in [6.45, 7) is 8.01. The van der Waals surface area contributed by atoms with Crippen LogP contribution >= 0.6 is 0 Å². The Bertz CT molecular complexity index is 540. The third-order valence-corrected chi connectivity index (χ3v) is 3.89. The number of hydrogen-bond donors (Lipinski definition) is 1. The van der Waals surface area contributed by atoms with E-state index in [0.29, 0.717) is 11.8 Å². The molecule has 1 aliphatic heterocycles. The summed E-state index contributed by atoms with van der Waals surface area (Å²) in [6, 6.07) is 6.20. The maximum absolute atomic E-state index is 8.82. The second kappa shape index (κ2) is 6.98. The van der Waals surface area contributed by atoms with Gasteiger partial charge in [0, 0.05) is 19.5 Å². The van der Waals surface area contributed by atoms with Crippen molar-refractivity contribution in [3.8, 4) is 17.6 Å². The topological polar surface area (TPSA) is 32.7 Å². The zero-order chi connectivity index (χ0) is 15.3. The molecule has 0 amide bonds. The van der Waals surface area contributed by atoms with E-state index in [4.69, 9.17) is 9.84 Å². The van der Waals surface area contributed by atoms with E-state index in [9.17, 15) is 0 Å². The van der Waals surface area contributed by atoms with Crippen LogP contribution in [0.2, 0.25) is 0 Å². The van der Waals surface area contributed by atoms with Crippen LogP contribution in [0.3, 0.4) is 0 Å². The van der Waals surface area contributed by atoms with Crippen molar-refractivity contribution in [1.29, 1.82) is 0 Å². The van der Waals surface area contributed by atoms with Crippen molar-refractivity contribution in [3.05, 3.63) is 29.3 Å². The molecule has 1 aliphatic rings. The van der Waals surface area contributed by atoms with Gasteiger partial charge in [0.15, 0.2) is 0 Å². The highest BCUT2D eigenvalue weighted by atomic mass is 16.5. The lowest BCUT2D eigenvalue weighted by Crippen LogP contribution is -2.22. The van der Waals surface area contributed by atoms with Gasteiger partial charge < -0.3 is 9.84 Å². The molecule has 0 aromatic heterocycles. The van der Waals surface area contributed by atoms with E-state index in [-0.39, 0.29) is 6.61 Å². The lowest BCUT2D eigenvalue weighted by Gasteiger charge is -2.20. The van der Waals surface area contributed by atoms with E-state index in [1.165, 1.54) is 12.0 Å². The van der Waals surface area contributed by atoms with Crippen LogP contribution < -0.4 is 4.74 Å². The van der Waals surface area contributed by atoms with Gasteiger partial charge in [-0.05, 0) is 36.1 Å². The van der Waals surface area contributed by atoms with Gasteiger partial charge in [-0.25, -0.2) is 0 Å². The summed E-state index contributed by atoms with van der Waals surface area (Å²) in [5.74, 6) is 6.86. The molecule has 1 N–H and O–H groups in total. The van der Waals surface area contributed by atoms with Gasteiger partial charge in [-0.1, -0.05) is 31.8 Å². The first-order chi connectivity index (χ1) is 10.0. The smallest absolute Gasteiger partial charge is 0.134 e. The summed E-state index contributed by atoms with van der Waals surface area (Å²) in [5.41, 5.74) is 2.60. The minimum Gasteiger partial charge on any atom is -0.495 e. The molecule has 1 heterocycles. The molecule has 1 fully saturated rings. The number of rotatable bonds is 4. The zero-order valence-electron chi connectivity index (χ0n) is 13.3. The molecule has 0 radical (unpaired) electrons. The van der Waals surface area contributed by atoms with Gasteiger partial charge in [-0.2, -0.15) is 0 Å². The summed E-state index contributed by atoms with van der Waals surface area (Å²) < 4.78 is 5.36. The van der Waals surface area contributed by atoms with Crippen LogP contribution in [0, 0.1) is 17.3 Å². The van der Waals surface area contributed by atoms with E-state index in [1.807, 2.05) is 6.07 Å². The number of likely N-dealkylation sites (tertiary alicyclic amines) is 1. The zero-order valence-corrected chi connectivity index (χ0v) is 13.3. The molecule has 0 spiro atoms. The summed E-state index contributed by atoms with van der Waals surface area (Å²) in [6.07, 6.45) is 1.75. The van der Waals surface area contributed by atoms with E-state index < -0.39 is 0 Å².